The third-order valence-corrected chi connectivity index (χ3v) is 3.61. The molecule has 20 heavy (non-hydrogen) atoms. The largest absolute Gasteiger partial charge is 0.481 e. The summed E-state index contributed by atoms with van der Waals surface area (Å²) in [5.41, 5.74) is 0. The minimum Gasteiger partial charge on any atom is -0.481 e. The highest BCUT2D eigenvalue weighted by atomic mass is 16.5. The molecule has 0 aromatic rings. The number of carboxylic acid groups (broad SMARTS) is 1. The summed E-state index contributed by atoms with van der Waals surface area (Å²) in [7, 11) is 0. The lowest BCUT2D eigenvalue weighted by atomic mass is 9.95. The lowest BCUT2D eigenvalue weighted by molar-refractivity contribution is -0.146. The van der Waals surface area contributed by atoms with Crippen LogP contribution in [-0.2, 0) is 19.1 Å². The first-order valence-corrected chi connectivity index (χ1v) is 6.74. The van der Waals surface area contributed by atoms with E-state index in [1.165, 1.54) is 6.92 Å². The highest BCUT2D eigenvalue weighted by Gasteiger charge is 2.29. The van der Waals surface area contributed by atoms with E-state index in [0.29, 0.717) is 26.3 Å². The number of nitrogens with zero attached hydrogens (tertiary/aromatic N) is 1. The average Bonchev–Trinajstić information content (AvgIpc) is 2.45. The normalized spacial score (nSPS) is 19.9. The predicted molar refractivity (Wildman–Crippen MR) is 71.0 cm³/mol. The topological polar surface area (TPSA) is 95.9 Å². The number of morpholine rings is 1. The zero-order chi connectivity index (χ0) is 15.3. The van der Waals surface area contributed by atoms with Crippen molar-refractivity contribution in [3.8, 4) is 0 Å². The van der Waals surface area contributed by atoms with Gasteiger partial charge in [-0.05, 0) is 6.92 Å². The molecule has 2 amide bonds. The summed E-state index contributed by atoms with van der Waals surface area (Å²) in [5, 5.41) is 11.5. The van der Waals surface area contributed by atoms with Crippen molar-refractivity contribution in [1.82, 2.24) is 10.2 Å². The van der Waals surface area contributed by atoms with E-state index < -0.39 is 29.8 Å². The van der Waals surface area contributed by atoms with Crippen LogP contribution in [0.2, 0.25) is 0 Å². The Balaban J connectivity index is 2.51. The van der Waals surface area contributed by atoms with Gasteiger partial charge in [0.15, 0.2) is 0 Å². The van der Waals surface area contributed by atoms with Gasteiger partial charge in [-0.25, -0.2) is 0 Å². The standard InChI is InChI=1S/C13H22N2O5/c1-8(9(2)13(18)19)11(16)14-10(3)12(17)15-4-6-20-7-5-15/h8-10H,4-7H2,1-3H3,(H,14,16)(H,18,19). The summed E-state index contributed by atoms with van der Waals surface area (Å²) < 4.78 is 5.16. The van der Waals surface area contributed by atoms with Crippen LogP contribution < -0.4 is 5.32 Å². The van der Waals surface area contributed by atoms with Gasteiger partial charge in [0.05, 0.1) is 19.1 Å². The SMILES string of the molecule is CC(NC(=O)C(C)C(C)C(=O)O)C(=O)N1CCOCC1. The van der Waals surface area contributed by atoms with Crippen molar-refractivity contribution in [2.24, 2.45) is 11.8 Å². The van der Waals surface area contributed by atoms with Gasteiger partial charge in [-0.15, -0.1) is 0 Å². The smallest absolute Gasteiger partial charge is 0.307 e. The number of hydrogen-bond donors (Lipinski definition) is 2. The molecule has 0 spiro atoms. The Hall–Kier alpha value is -1.63. The van der Waals surface area contributed by atoms with E-state index in [9.17, 15) is 14.4 Å². The Kier molecular flexibility index (Phi) is 5.94. The van der Waals surface area contributed by atoms with E-state index in [4.69, 9.17) is 9.84 Å². The number of ether oxygens (including phenoxy) is 1. The maximum Gasteiger partial charge on any atom is 0.307 e. The van der Waals surface area contributed by atoms with Crippen LogP contribution in [0.25, 0.3) is 0 Å². The van der Waals surface area contributed by atoms with Crippen molar-refractivity contribution in [2.75, 3.05) is 26.3 Å². The molecule has 1 rings (SSSR count). The van der Waals surface area contributed by atoms with Gasteiger partial charge in [-0.1, -0.05) is 13.8 Å². The Morgan fingerprint density at radius 1 is 1.10 bits per heavy atom. The molecule has 0 aliphatic carbocycles. The second-order valence-corrected chi connectivity index (χ2v) is 5.08. The summed E-state index contributed by atoms with van der Waals surface area (Å²) in [6.07, 6.45) is 0. The molecular formula is C13H22N2O5. The van der Waals surface area contributed by atoms with Gasteiger partial charge >= 0.3 is 5.97 Å². The molecule has 0 aromatic carbocycles. The predicted octanol–water partition coefficient (Wildman–Crippen LogP) is -0.293. The molecule has 0 aromatic heterocycles. The first kappa shape index (κ1) is 16.4. The molecule has 3 unspecified atom stereocenters. The molecule has 0 saturated carbocycles. The number of carbonyl (C=O) groups is 3. The summed E-state index contributed by atoms with van der Waals surface area (Å²) in [5.74, 6) is -3.10. The second-order valence-electron chi connectivity index (χ2n) is 5.08. The highest BCUT2D eigenvalue weighted by molar-refractivity contribution is 5.90. The van der Waals surface area contributed by atoms with E-state index in [1.54, 1.807) is 18.7 Å². The molecule has 1 saturated heterocycles. The fourth-order valence-corrected chi connectivity index (χ4v) is 1.91. The number of carbonyl (C=O) groups excluding carboxylic acids is 2. The van der Waals surface area contributed by atoms with Gasteiger partial charge in [-0.3, -0.25) is 14.4 Å². The molecule has 1 fully saturated rings. The van der Waals surface area contributed by atoms with E-state index in [-0.39, 0.29) is 5.91 Å². The lowest BCUT2D eigenvalue weighted by Crippen LogP contribution is -2.51. The van der Waals surface area contributed by atoms with Crippen LogP contribution >= 0.6 is 0 Å². The summed E-state index contributed by atoms with van der Waals surface area (Å²) >= 11 is 0. The van der Waals surface area contributed by atoms with Crippen molar-refractivity contribution in [1.29, 1.82) is 0 Å². The fraction of sp³-hybridized carbons (Fsp3) is 0.769. The third kappa shape index (κ3) is 4.19. The highest BCUT2D eigenvalue weighted by Crippen LogP contribution is 2.11. The Labute approximate surface area is 118 Å². The molecular weight excluding hydrogens is 264 g/mol. The van der Waals surface area contributed by atoms with Gasteiger partial charge in [0, 0.05) is 19.0 Å². The third-order valence-electron chi connectivity index (χ3n) is 3.61. The van der Waals surface area contributed by atoms with Crippen LogP contribution in [0, 0.1) is 11.8 Å². The molecule has 2 N–H and O–H groups in total. The zero-order valence-electron chi connectivity index (χ0n) is 12.1. The molecule has 3 atom stereocenters. The zero-order valence-corrected chi connectivity index (χ0v) is 12.1. The molecule has 1 aliphatic heterocycles. The lowest BCUT2D eigenvalue weighted by Gasteiger charge is -2.30. The van der Waals surface area contributed by atoms with E-state index in [0.717, 1.165) is 0 Å². The van der Waals surface area contributed by atoms with Crippen LogP contribution in [-0.4, -0.2) is 60.1 Å². The maximum absolute atomic E-state index is 12.1. The Bertz CT molecular complexity index is 379. The number of aliphatic carboxylic acids is 1. The van der Waals surface area contributed by atoms with Crippen molar-refractivity contribution in [3.63, 3.8) is 0 Å². The fourth-order valence-electron chi connectivity index (χ4n) is 1.91. The average molecular weight is 286 g/mol. The Morgan fingerprint density at radius 3 is 2.15 bits per heavy atom. The van der Waals surface area contributed by atoms with Crippen LogP contribution in [0.3, 0.4) is 0 Å². The molecule has 0 radical (unpaired) electrons. The van der Waals surface area contributed by atoms with Gasteiger partial charge in [0.25, 0.3) is 0 Å². The number of hydrogen-bond acceptors (Lipinski definition) is 4. The molecule has 7 heteroatoms. The van der Waals surface area contributed by atoms with Crippen LogP contribution in [0.5, 0.6) is 0 Å². The van der Waals surface area contributed by atoms with Crippen molar-refractivity contribution in [3.05, 3.63) is 0 Å². The second kappa shape index (κ2) is 7.23. The quantitative estimate of drug-likeness (QED) is 0.724. The van der Waals surface area contributed by atoms with E-state index in [1.807, 2.05) is 0 Å². The first-order chi connectivity index (χ1) is 9.34. The van der Waals surface area contributed by atoms with Gasteiger partial charge in [0.2, 0.25) is 11.8 Å². The van der Waals surface area contributed by atoms with Gasteiger partial charge < -0.3 is 20.1 Å². The summed E-state index contributed by atoms with van der Waals surface area (Å²) in [6, 6.07) is -0.663. The van der Waals surface area contributed by atoms with Crippen LogP contribution in [0.1, 0.15) is 20.8 Å². The molecule has 1 heterocycles. The number of nitrogens with one attached hydrogen (secondary N) is 1. The first-order valence-electron chi connectivity index (χ1n) is 6.74. The molecule has 0 bridgehead atoms. The van der Waals surface area contributed by atoms with E-state index >= 15 is 0 Å². The minimum atomic E-state index is -1.03. The summed E-state index contributed by atoms with van der Waals surface area (Å²) in [6.45, 7) is 6.65. The van der Waals surface area contributed by atoms with Gasteiger partial charge in [-0.2, -0.15) is 0 Å². The molecule has 1 aliphatic rings. The van der Waals surface area contributed by atoms with Crippen molar-refractivity contribution < 1.29 is 24.2 Å². The molecule has 114 valence electrons. The van der Waals surface area contributed by atoms with Crippen molar-refractivity contribution >= 4 is 17.8 Å². The maximum atomic E-state index is 12.1. The minimum absolute atomic E-state index is 0.170. The van der Waals surface area contributed by atoms with Crippen LogP contribution in [0.4, 0.5) is 0 Å². The number of rotatable bonds is 5. The van der Waals surface area contributed by atoms with E-state index in [2.05, 4.69) is 5.32 Å². The number of amides is 2. The van der Waals surface area contributed by atoms with Crippen molar-refractivity contribution in [2.45, 2.75) is 26.8 Å². The number of carboxylic acids is 1. The molecule has 7 nitrogen and oxygen atoms in total. The monoisotopic (exact) mass is 286 g/mol. The van der Waals surface area contributed by atoms with Gasteiger partial charge in [0.1, 0.15) is 6.04 Å². The van der Waals surface area contributed by atoms with Crippen LogP contribution in [0.15, 0.2) is 0 Å². The summed E-state index contributed by atoms with van der Waals surface area (Å²) in [4.78, 5) is 36.5. The Morgan fingerprint density at radius 2 is 1.65 bits per heavy atom.